The number of allylic oxidation sites excluding steroid dienone is 2. The summed E-state index contributed by atoms with van der Waals surface area (Å²) in [5.74, 6) is 1.60. The molecule has 1 aliphatic heterocycles. The molecule has 1 unspecified atom stereocenters. The average molecular weight is 405 g/mol. The van der Waals surface area contributed by atoms with Gasteiger partial charge in [0.15, 0.2) is 11.6 Å². The molecule has 0 saturated carbocycles. The van der Waals surface area contributed by atoms with Crippen LogP contribution in [0.1, 0.15) is 48.7 Å². The van der Waals surface area contributed by atoms with Gasteiger partial charge < -0.3 is 5.32 Å². The number of nitrogens with one attached hydrogen (secondary N) is 1. The lowest BCUT2D eigenvalue weighted by molar-refractivity contribution is -0.118. The number of benzene rings is 1. The number of hydrogen-bond acceptors (Lipinski definition) is 5. The van der Waals surface area contributed by atoms with E-state index in [-0.39, 0.29) is 17.2 Å². The molecule has 0 bridgehead atoms. The van der Waals surface area contributed by atoms with Gasteiger partial charge in [-0.1, -0.05) is 37.6 Å². The summed E-state index contributed by atoms with van der Waals surface area (Å²) in [6, 6.07) is 10.1. The molecule has 0 spiro atoms. The first-order chi connectivity index (χ1) is 13.8. The van der Waals surface area contributed by atoms with Gasteiger partial charge in [0.25, 0.3) is 0 Å². The molecular weight excluding hydrogens is 380 g/mol. The summed E-state index contributed by atoms with van der Waals surface area (Å²) in [5, 5.41) is 10.4. The standard InChI is InChI=1S/C23H24N4OS/c1-13-6-5-7-15(10-13)21-25-22-24-16-11-23(3,4)12-17(28)18(16)19(27(22)26-21)20-14(2)8-9-29-20/h5-10,19H,11-12H2,1-4H3,(H,24,25,26). The van der Waals surface area contributed by atoms with E-state index < -0.39 is 0 Å². The Bertz CT molecular complexity index is 1170. The van der Waals surface area contributed by atoms with Crippen LogP contribution in [0, 0.1) is 19.3 Å². The average Bonchev–Trinajstić information content (AvgIpc) is 3.25. The summed E-state index contributed by atoms with van der Waals surface area (Å²) in [7, 11) is 0. The Balaban J connectivity index is 1.69. The van der Waals surface area contributed by atoms with Crippen LogP contribution in [0.25, 0.3) is 11.4 Å². The second-order valence-electron chi connectivity index (χ2n) is 8.90. The lowest BCUT2D eigenvalue weighted by Gasteiger charge is -2.38. The van der Waals surface area contributed by atoms with Gasteiger partial charge in [0.2, 0.25) is 5.95 Å². The van der Waals surface area contributed by atoms with Gasteiger partial charge in [-0.3, -0.25) is 4.79 Å². The molecule has 0 radical (unpaired) electrons. The van der Waals surface area contributed by atoms with Crippen molar-refractivity contribution in [1.82, 2.24) is 14.8 Å². The third kappa shape index (κ3) is 3.02. The van der Waals surface area contributed by atoms with E-state index in [2.05, 4.69) is 56.6 Å². The Labute approximate surface area is 174 Å². The van der Waals surface area contributed by atoms with Crippen LogP contribution in [0.4, 0.5) is 5.95 Å². The minimum atomic E-state index is -0.212. The number of aromatic nitrogens is 3. The Kier molecular flexibility index (Phi) is 4.03. The maximum Gasteiger partial charge on any atom is 0.226 e. The van der Waals surface area contributed by atoms with Crippen molar-refractivity contribution in [2.45, 2.75) is 46.6 Å². The van der Waals surface area contributed by atoms with Crippen molar-refractivity contribution in [1.29, 1.82) is 0 Å². The van der Waals surface area contributed by atoms with Crippen LogP contribution < -0.4 is 5.32 Å². The number of carbonyl (C=O) groups excluding carboxylic acids is 1. The Morgan fingerprint density at radius 2 is 2.03 bits per heavy atom. The van der Waals surface area contributed by atoms with E-state index in [0.717, 1.165) is 28.1 Å². The second-order valence-corrected chi connectivity index (χ2v) is 9.85. The topological polar surface area (TPSA) is 59.8 Å². The van der Waals surface area contributed by atoms with Crippen molar-refractivity contribution in [2.24, 2.45) is 5.41 Å². The maximum atomic E-state index is 13.2. The number of ketones is 1. The molecule has 0 amide bonds. The van der Waals surface area contributed by atoms with Crippen molar-refractivity contribution in [3.8, 4) is 11.4 Å². The van der Waals surface area contributed by atoms with Gasteiger partial charge in [-0.25, -0.2) is 4.68 Å². The van der Waals surface area contributed by atoms with Gasteiger partial charge in [0.05, 0.1) is 0 Å². The van der Waals surface area contributed by atoms with Gasteiger partial charge >= 0.3 is 0 Å². The Hall–Kier alpha value is -2.73. The van der Waals surface area contributed by atoms with Crippen molar-refractivity contribution in [2.75, 3.05) is 5.32 Å². The molecule has 0 fully saturated rings. The molecule has 148 valence electrons. The normalized spacial score (nSPS) is 20.3. The fourth-order valence-corrected chi connectivity index (χ4v) is 5.44. The Morgan fingerprint density at radius 1 is 1.21 bits per heavy atom. The van der Waals surface area contributed by atoms with E-state index in [1.807, 2.05) is 16.8 Å². The number of hydrogen-bond donors (Lipinski definition) is 1. The quantitative estimate of drug-likeness (QED) is 0.631. The zero-order chi connectivity index (χ0) is 20.3. The minimum Gasteiger partial charge on any atom is -0.328 e. The summed E-state index contributed by atoms with van der Waals surface area (Å²) < 4.78 is 1.91. The third-order valence-corrected chi connectivity index (χ3v) is 6.83. The first-order valence-electron chi connectivity index (χ1n) is 9.93. The number of nitrogens with zero attached hydrogens (tertiary/aromatic N) is 3. The summed E-state index contributed by atoms with van der Waals surface area (Å²) in [5.41, 5.74) is 5.13. The zero-order valence-electron chi connectivity index (χ0n) is 17.1. The summed E-state index contributed by atoms with van der Waals surface area (Å²) in [6.45, 7) is 8.47. The molecule has 5 nitrogen and oxygen atoms in total. The lowest BCUT2D eigenvalue weighted by atomic mass is 9.73. The lowest BCUT2D eigenvalue weighted by Crippen LogP contribution is -2.36. The highest BCUT2D eigenvalue weighted by Crippen LogP contribution is 2.47. The highest BCUT2D eigenvalue weighted by Gasteiger charge is 2.42. The van der Waals surface area contributed by atoms with Gasteiger partial charge in [0, 0.05) is 28.1 Å². The Morgan fingerprint density at radius 3 is 2.76 bits per heavy atom. The van der Waals surface area contributed by atoms with Crippen LogP contribution in [0.15, 0.2) is 47.0 Å². The monoisotopic (exact) mass is 404 g/mol. The van der Waals surface area contributed by atoms with E-state index in [9.17, 15) is 4.79 Å². The molecule has 1 aromatic carbocycles. The fraction of sp³-hybridized carbons (Fsp3) is 0.348. The summed E-state index contributed by atoms with van der Waals surface area (Å²) >= 11 is 1.68. The molecule has 3 aromatic rings. The number of thiophene rings is 1. The van der Waals surface area contributed by atoms with Crippen LogP contribution in [-0.2, 0) is 4.79 Å². The van der Waals surface area contributed by atoms with E-state index in [0.29, 0.717) is 18.2 Å². The van der Waals surface area contributed by atoms with Crippen molar-refractivity contribution < 1.29 is 4.79 Å². The largest absolute Gasteiger partial charge is 0.328 e. The molecule has 6 heteroatoms. The number of anilines is 1. The SMILES string of the molecule is Cc1cccc(-c2nc3n(n2)C(c2sccc2C)C2=C(CC(C)(C)CC2=O)N3)c1. The van der Waals surface area contributed by atoms with Crippen LogP contribution in [0.3, 0.4) is 0 Å². The van der Waals surface area contributed by atoms with Crippen LogP contribution in [0.5, 0.6) is 0 Å². The molecule has 0 saturated heterocycles. The number of carbonyl (C=O) groups is 1. The first-order valence-corrected chi connectivity index (χ1v) is 10.8. The van der Waals surface area contributed by atoms with Gasteiger partial charge in [-0.05, 0) is 48.8 Å². The van der Waals surface area contributed by atoms with Gasteiger partial charge in [-0.2, -0.15) is 4.98 Å². The van der Waals surface area contributed by atoms with Crippen molar-refractivity contribution in [3.05, 3.63) is 63.0 Å². The smallest absolute Gasteiger partial charge is 0.226 e. The summed E-state index contributed by atoms with van der Waals surface area (Å²) in [4.78, 5) is 19.2. The first kappa shape index (κ1) is 18.3. The predicted molar refractivity (Wildman–Crippen MR) is 116 cm³/mol. The van der Waals surface area contributed by atoms with Crippen LogP contribution >= 0.6 is 11.3 Å². The highest BCUT2D eigenvalue weighted by atomic mass is 32.1. The number of aryl methyl sites for hydroxylation is 2. The maximum absolute atomic E-state index is 13.2. The van der Waals surface area contributed by atoms with Gasteiger partial charge in [0.1, 0.15) is 6.04 Å². The molecule has 1 aliphatic carbocycles. The molecule has 3 heterocycles. The van der Waals surface area contributed by atoms with E-state index >= 15 is 0 Å². The molecule has 29 heavy (non-hydrogen) atoms. The molecule has 1 atom stereocenters. The fourth-order valence-electron chi connectivity index (χ4n) is 4.42. The molecule has 1 N–H and O–H groups in total. The van der Waals surface area contributed by atoms with E-state index in [4.69, 9.17) is 10.1 Å². The van der Waals surface area contributed by atoms with E-state index in [1.165, 1.54) is 11.1 Å². The highest BCUT2D eigenvalue weighted by molar-refractivity contribution is 7.10. The van der Waals surface area contributed by atoms with Crippen molar-refractivity contribution >= 4 is 23.1 Å². The predicted octanol–water partition coefficient (Wildman–Crippen LogP) is 5.28. The molecule has 2 aliphatic rings. The van der Waals surface area contributed by atoms with Crippen molar-refractivity contribution in [3.63, 3.8) is 0 Å². The molecule has 5 rings (SSSR count). The molecular formula is C23H24N4OS. The van der Waals surface area contributed by atoms with Crippen LogP contribution in [0.2, 0.25) is 0 Å². The zero-order valence-corrected chi connectivity index (χ0v) is 17.9. The van der Waals surface area contributed by atoms with Crippen LogP contribution in [-0.4, -0.2) is 20.5 Å². The number of rotatable bonds is 2. The second kappa shape index (κ2) is 6.39. The summed E-state index contributed by atoms with van der Waals surface area (Å²) in [6.07, 6.45) is 1.39. The number of Topliss-reactive ketones (excluding diaryl/α,β-unsaturated/α-hetero) is 1. The van der Waals surface area contributed by atoms with Gasteiger partial charge in [-0.15, -0.1) is 16.4 Å². The number of fused-ring (bicyclic) bond motifs is 1. The van der Waals surface area contributed by atoms with E-state index in [1.54, 1.807) is 11.3 Å². The minimum absolute atomic E-state index is 0.0560. The molecule has 2 aromatic heterocycles. The third-order valence-electron chi connectivity index (χ3n) is 5.76.